The quantitative estimate of drug-likeness (QED) is 0.790. The number of halogens is 3. The Balaban J connectivity index is 1.67. The van der Waals surface area contributed by atoms with Gasteiger partial charge in [-0.1, -0.05) is 34.8 Å². The number of ether oxygens (including phenoxy) is 1. The second-order valence-electron chi connectivity index (χ2n) is 4.91. The van der Waals surface area contributed by atoms with Gasteiger partial charge in [0.25, 0.3) is 0 Å². The molecule has 2 heterocycles. The first-order valence-corrected chi connectivity index (χ1v) is 8.68. The summed E-state index contributed by atoms with van der Waals surface area (Å²) >= 11 is 19.9. The van der Waals surface area contributed by atoms with Crippen molar-refractivity contribution in [2.24, 2.45) is 0 Å². The van der Waals surface area contributed by atoms with Crippen molar-refractivity contribution in [2.75, 3.05) is 13.2 Å². The van der Waals surface area contributed by atoms with Crippen LogP contribution in [0.5, 0.6) is 5.75 Å². The Morgan fingerprint density at radius 3 is 2.86 bits per heavy atom. The molecule has 112 valence electrons. The predicted molar refractivity (Wildman–Crippen MR) is 90.4 cm³/mol. The molecule has 1 aliphatic heterocycles. The highest BCUT2D eigenvalue weighted by molar-refractivity contribution is 7.16. The van der Waals surface area contributed by atoms with Crippen molar-refractivity contribution in [1.29, 1.82) is 0 Å². The Bertz CT molecular complexity index is 644. The van der Waals surface area contributed by atoms with Crippen molar-refractivity contribution in [2.45, 2.75) is 18.9 Å². The first kappa shape index (κ1) is 15.4. The molecule has 0 saturated heterocycles. The van der Waals surface area contributed by atoms with Gasteiger partial charge in [-0.25, -0.2) is 0 Å². The molecule has 1 N–H and O–H groups in total. The average molecular weight is 363 g/mol. The van der Waals surface area contributed by atoms with Crippen molar-refractivity contribution in [3.05, 3.63) is 49.1 Å². The third kappa shape index (κ3) is 3.66. The molecule has 2 nitrogen and oxygen atoms in total. The molecule has 0 fully saturated rings. The van der Waals surface area contributed by atoms with Gasteiger partial charge >= 0.3 is 0 Å². The van der Waals surface area contributed by atoms with Crippen LogP contribution in [0.25, 0.3) is 0 Å². The predicted octanol–water partition coefficient (Wildman–Crippen LogP) is 5.36. The average Bonchev–Trinajstić information content (AvgIpc) is 2.85. The summed E-state index contributed by atoms with van der Waals surface area (Å²) in [5.74, 6) is 0.754. The second-order valence-corrected chi connectivity index (χ2v) is 7.55. The van der Waals surface area contributed by atoms with Crippen LogP contribution in [0.15, 0.2) is 24.3 Å². The monoisotopic (exact) mass is 361 g/mol. The lowest BCUT2D eigenvalue weighted by Crippen LogP contribution is -2.28. The van der Waals surface area contributed by atoms with Crippen LogP contribution < -0.4 is 10.1 Å². The van der Waals surface area contributed by atoms with Crippen LogP contribution in [0.4, 0.5) is 0 Å². The van der Waals surface area contributed by atoms with Gasteiger partial charge in [-0.2, -0.15) is 0 Å². The molecule has 0 amide bonds. The van der Waals surface area contributed by atoms with Crippen LogP contribution in [-0.4, -0.2) is 13.2 Å². The summed E-state index contributed by atoms with van der Waals surface area (Å²) in [4.78, 5) is 1.28. The molecule has 6 heteroatoms. The zero-order chi connectivity index (χ0) is 14.8. The van der Waals surface area contributed by atoms with Gasteiger partial charge in [0.15, 0.2) is 0 Å². The van der Waals surface area contributed by atoms with Crippen LogP contribution in [0.2, 0.25) is 14.4 Å². The Morgan fingerprint density at radius 2 is 2.10 bits per heavy atom. The highest BCUT2D eigenvalue weighted by atomic mass is 35.5. The van der Waals surface area contributed by atoms with E-state index in [-0.39, 0.29) is 6.04 Å². The maximum absolute atomic E-state index is 6.20. The van der Waals surface area contributed by atoms with Gasteiger partial charge in [0.05, 0.1) is 16.0 Å². The Kier molecular flexibility index (Phi) is 4.97. The number of nitrogens with one attached hydrogen (secondary N) is 1. The van der Waals surface area contributed by atoms with Crippen molar-refractivity contribution >= 4 is 46.1 Å². The largest absolute Gasteiger partial charge is 0.492 e. The lowest BCUT2D eigenvalue weighted by molar-refractivity contribution is 0.253. The number of hydrogen-bond acceptors (Lipinski definition) is 3. The van der Waals surface area contributed by atoms with E-state index in [4.69, 9.17) is 39.5 Å². The Hall–Kier alpha value is -0.450. The van der Waals surface area contributed by atoms with Crippen molar-refractivity contribution in [3.63, 3.8) is 0 Å². The normalized spacial score (nSPS) is 17.4. The molecule has 0 aliphatic carbocycles. The summed E-state index contributed by atoms with van der Waals surface area (Å²) in [6.07, 6.45) is 1.87. The first-order chi connectivity index (χ1) is 10.1. The van der Waals surface area contributed by atoms with E-state index in [0.717, 1.165) is 35.0 Å². The van der Waals surface area contributed by atoms with E-state index in [1.807, 2.05) is 12.1 Å². The van der Waals surface area contributed by atoms with Gasteiger partial charge in [-0.3, -0.25) is 0 Å². The van der Waals surface area contributed by atoms with Crippen molar-refractivity contribution < 1.29 is 4.74 Å². The minimum absolute atomic E-state index is 0.223. The van der Waals surface area contributed by atoms with Gasteiger partial charge in [-0.05, 0) is 30.7 Å². The smallest absolute Gasteiger partial charge is 0.142 e. The molecule has 1 unspecified atom stereocenters. The van der Waals surface area contributed by atoms with E-state index in [9.17, 15) is 0 Å². The van der Waals surface area contributed by atoms with E-state index < -0.39 is 0 Å². The fraction of sp³-hybridized carbons (Fsp3) is 0.333. The zero-order valence-corrected chi connectivity index (χ0v) is 14.2. The van der Waals surface area contributed by atoms with Crippen LogP contribution in [0.3, 0.4) is 0 Å². The van der Waals surface area contributed by atoms with Gasteiger partial charge in [0.1, 0.15) is 5.75 Å². The molecule has 0 spiro atoms. The number of fused-ring (bicyclic) bond motifs is 1. The molecular formula is C15H14Cl3NOS. The molecule has 0 bridgehead atoms. The van der Waals surface area contributed by atoms with Crippen LogP contribution in [-0.2, 0) is 6.42 Å². The van der Waals surface area contributed by atoms with E-state index in [1.54, 1.807) is 17.4 Å². The molecule has 0 radical (unpaired) electrons. The molecule has 1 aromatic heterocycles. The van der Waals surface area contributed by atoms with E-state index >= 15 is 0 Å². The summed E-state index contributed by atoms with van der Waals surface area (Å²) in [5, 5.41) is 4.77. The Morgan fingerprint density at radius 1 is 1.24 bits per heavy atom. The number of rotatable bonds is 4. The molecular weight excluding hydrogens is 349 g/mol. The standard InChI is InChI=1S/C15H14Cl3NOS/c16-9-7-11-13(4-6-20-15(11)12(17)8-9)19-5-3-10-1-2-14(18)21-10/h1-2,7-8,13,19H,3-6H2. The summed E-state index contributed by atoms with van der Waals surface area (Å²) in [6, 6.07) is 7.88. The topological polar surface area (TPSA) is 21.3 Å². The van der Waals surface area contributed by atoms with E-state index in [0.29, 0.717) is 16.7 Å². The van der Waals surface area contributed by atoms with Crippen LogP contribution >= 0.6 is 46.1 Å². The number of thiophene rings is 1. The second kappa shape index (κ2) is 6.76. The molecule has 3 rings (SSSR count). The molecule has 1 atom stereocenters. The highest BCUT2D eigenvalue weighted by Crippen LogP contribution is 2.39. The zero-order valence-electron chi connectivity index (χ0n) is 11.2. The first-order valence-electron chi connectivity index (χ1n) is 6.73. The Labute approximate surface area is 143 Å². The molecule has 21 heavy (non-hydrogen) atoms. The summed E-state index contributed by atoms with van der Waals surface area (Å²) in [6.45, 7) is 1.54. The highest BCUT2D eigenvalue weighted by Gasteiger charge is 2.23. The number of hydrogen-bond donors (Lipinski definition) is 1. The van der Waals surface area contributed by atoms with Gasteiger partial charge in [-0.15, -0.1) is 11.3 Å². The molecule has 0 saturated carbocycles. The fourth-order valence-corrected chi connectivity index (χ4v) is 4.14. The van der Waals surface area contributed by atoms with Gasteiger partial charge < -0.3 is 10.1 Å². The summed E-state index contributed by atoms with van der Waals surface area (Å²) in [5.41, 5.74) is 1.04. The molecule has 1 aromatic carbocycles. The van der Waals surface area contributed by atoms with Gasteiger partial charge in [0.2, 0.25) is 0 Å². The minimum atomic E-state index is 0.223. The van der Waals surface area contributed by atoms with E-state index in [2.05, 4.69) is 11.4 Å². The fourth-order valence-electron chi connectivity index (χ4n) is 2.49. The lowest BCUT2D eigenvalue weighted by Gasteiger charge is -2.27. The third-order valence-corrected chi connectivity index (χ3v) is 5.25. The number of benzene rings is 1. The minimum Gasteiger partial charge on any atom is -0.492 e. The summed E-state index contributed by atoms with van der Waals surface area (Å²) < 4.78 is 6.49. The van der Waals surface area contributed by atoms with Crippen LogP contribution in [0, 0.1) is 0 Å². The van der Waals surface area contributed by atoms with E-state index in [1.165, 1.54) is 4.88 Å². The molecule has 1 aliphatic rings. The van der Waals surface area contributed by atoms with Gasteiger partial charge in [0, 0.05) is 34.5 Å². The SMILES string of the molecule is Clc1cc(Cl)c2c(c1)C(NCCc1ccc(Cl)s1)CCO2. The lowest BCUT2D eigenvalue weighted by atomic mass is 10.0. The maximum atomic E-state index is 6.20. The van der Waals surface area contributed by atoms with Crippen LogP contribution in [0.1, 0.15) is 22.9 Å². The van der Waals surface area contributed by atoms with Crippen molar-refractivity contribution in [1.82, 2.24) is 5.32 Å². The summed E-state index contributed by atoms with van der Waals surface area (Å²) in [7, 11) is 0. The third-order valence-electron chi connectivity index (χ3n) is 3.46. The molecule has 2 aromatic rings. The maximum Gasteiger partial charge on any atom is 0.142 e. The van der Waals surface area contributed by atoms with Crippen molar-refractivity contribution in [3.8, 4) is 5.75 Å².